The van der Waals surface area contributed by atoms with Gasteiger partial charge in [0.15, 0.2) is 0 Å². The van der Waals surface area contributed by atoms with E-state index < -0.39 is 5.54 Å². The van der Waals surface area contributed by atoms with Gasteiger partial charge in [-0.25, -0.2) is 0 Å². The molecule has 0 radical (unpaired) electrons. The lowest BCUT2D eigenvalue weighted by Crippen LogP contribution is -2.60. The summed E-state index contributed by atoms with van der Waals surface area (Å²) in [4.78, 5) is 26.8. The van der Waals surface area contributed by atoms with Crippen LogP contribution in [0.25, 0.3) is 0 Å². The molecule has 0 aromatic carbocycles. The predicted molar refractivity (Wildman–Crippen MR) is 80.7 cm³/mol. The molecule has 0 spiro atoms. The van der Waals surface area contributed by atoms with E-state index in [-0.39, 0.29) is 23.8 Å². The molecule has 0 aromatic heterocycles. The summed E-state index contributed by atoms with van der Waals surface area (Å²) in [6, 6.07) is 0. The summed E-state index contributed by atoms with van der Waals surface area (Å²) in [5.41, 5.74) is -0.729. The van der Waals surface area contributed by atoms with Crippen molar-refractivity contribution >= 4 is 11.8 Å². The Morgan fingerprint density at radius 3 is 2.52 bits per heavy atom. The van der Waals surface area contributed by atoms with Gasteiger partial charge in [0, 0.05) is 20.7 Å². The van der Waals surface area contributed by atoms with Gasteiger partial charge < -0.3 is 15.0 Å². The van der Waals surface area contributed by atoms with E-state index in [0.717, 1.165) is 32.1 Å². The van der Waals surface area contributed by atoms with Gasteiger partial charge in [-0.2, -0.15) is 0 Å². The second kappa shape index (κ2) is 6.60. The first-order valence-electron chi connectivity index (χ1n) is 7.78. The van der Waals surface area contributed by atoms with Crippen LogP contribution in [0.5, 0.6) is 0 Å². The van der Waals surface area contributed by atoms with Gasteiger partial charge >= 0.3 is 0 Å². The Morgan fingerprint density at radius 1 is 1.29 bits per heavy atom. The highest BCUT2D eigenvalue weighted by Gasteiger charge is 2.44. The molecule has 5 heteroatoms. The molecule has 1 saturated heterocycles. The Balaban J connectivity index is 2.13. The van der Waals surface area contributed by atoms with Crippen molar-refractivity contribution in [3.8, 4) is 0 Å². The molecule has 2 atom stereocenters. The van der Waals surface area contributed by atoms with Gasteiger partial charge in [-0.15, -0.1) is 6.58 Å². The van der Waals surface area contributed by atoms with E-state index in [1.807, 2.05) is 0 Å². The van der Waals surface area contributed by atoms with Crippen molar-refractivity contribution in [2.24, 2.45) is 5.92 Å². The van der Waals surface area contributed by atoms with E-state index in [2.05, 4.69) is 11.9 Å². The zero-order chi connectivity index (χ0) is 15.5. The molecule has 2 rings (SSSR count). The molecule has 1 heterocycles. The van der Waals surface area contributed by atoms with Crippen LogP contribution in [0.4, 0.5) is 0 Å². The van der Waals surface area contributed by atoms with Crippen LogP contribution in [0.2, 0.25) is 0 Å². The average molecular weight is 294 g/mol. The first-order chi connectivity index (χ1) is 10.00. The second-order valence-electron chi connectivity index (χ2n) is 6.30. The molecule has 118 valence electrons. The van der Waals surface area contributed by atoms with Crippen LogP contribution in [0.1, 0.15) is 38.5 Å². The molecule has 0 bridgehead atoms. The van der Waals surface area contributed by atoms with Gasteiger partial charge in [0.05, 0.1) is 12.0 Å². The molecule has 2 fully saturated rings. The summed E-state index contributed by atoms with van der Waals surface area (Å²) in [5, 5.41) is 3.06. The monoisotopic (exact) mass is 294 g/mol. The first-order valence-corrected chi connectivity index (χ1v) is 7.78. The molecule has 1 saturated carbocycles. The zero-order valence-electron chi connectivity index (χ0n) is 13.1. The average Bonchev–Trinajstić information content (AvgIpc) is 2.95. The molecule has 1 N–H and O–H groups in total. The van der Waals surface area contributed by atoms with Crippen LogP contribution in [0.3, 0.4) is 0 Å². The second-order valence-corrected chi connectivity index (χ2v) is 6.30. The van der Waals surface area contributed by atoms with Crippen molar-refractivity contribution in [3.63, 3.8) is 0 Å². The highest BCUT2D eigenvalue weighted by atomic mass is 16.5. The molecule has 0 unspecified atom stereocenters. The lowest BCUT2D eigenvalue weighted by atomic mass is 9.80. The summed E-state index contributed by atoms with van der Waals surface area (Å²) in [6.07, 6.45) is 6.66. The third-order valence-corrected chi connectivity index (χ3v) is 4.59. The summed E-state index contributed by atoms with van der Waals surface area (Å²) < 4.78 is 5.49. The molecule has 2 amide bonds. The fourth-order valence-corrected chi connectivity index (χ4v) is 3.43. The van der Waals surface area contributed by atoms with Crippen molar-refractivity contribution in [3.05, 3.63) is 12.7 Å². The summed E-state index contributed by atoms with van der Waals surface area (Å²) in [7, 11) is 3.49. The maximum Gasteiger partial charge on any atom is 0.247 e. The van der Waals surface area contributed by atoms with E-state index >= 15 is 0 Å². The highest BCUT2D eigenvalue weighted by Crippen LogP contribution is 2.31. The Hall–Kier alpha value is -1.36. The van der Waals surface area contributed by atoms with Crippen LogP contribution in [-0.2, 0) is 14.3 Å². The van der Waals surface area contributed by atoms with E-state index in [0.29, 0.717) is 13.0 Å². The fourth-order valence-electron chi connectivity index (χ4n) is 3.43. The molecule has 5 nitrogen and oxygen atoms in total. The largest absolute Gasteiger partial charge is 0.373 e. The highest BCUT2D eigenvalue weighted by molar-refractivity contribution is 5.92. The van der Waals surface area contributed by atoms with Gasteiger partial charge in [0.25, 0.3) is 0 Å². The standard InChI is InChI=1S/C16H26N2O3/c1-4-13-12(8-11-21-13)14(19)17-16(15(20)18(2)3)9-6-5-7-10-16/h4,12-13H,1,5-11H2,2-3H3,(H,17,19)/t12-,13+/m0/s1. The molecule has 21 heavy (non-hydrogen) atoms. The number of hydrogen-bond donors (Lipinski definition) is 1. The smallest absolute Gasteiger partial charge is 0.247 e. The number of rotatable bonds is 4. The number of ether oxygens (including phenoxy) is 1. The lowest BCUT2D eigenvalue weighted by Gasteiger charge is -2.39. The minimum absolute atomic E-state index is 0.00428. The molecule has 1 aliphatic carbocycles. The minimum atomic E-state index is -0.729. The normalized spacial score (nSPS) is 27.9. The SMILES string of the molecule is C=C[C@H]1OCC[C@@H]1C(=O)NC1(C(=O)N(C)C)CCCCC1. The fraction of sp³-hybridized carbons (Fsp3) is 0.750. The summed E-state index contributed by atoms with van der Waals surface area (Å²) in [5.74, 6) is -0.296. The van der Waals surface area contributed by atoms with Gasteiger partial charge in [-0.1, -0.05) is 25.3 Å². The number of amides is 2. The zero-order valence-corrected chi connectivity index (χ0v) is 13.1. The first kappa shape index (κ1) is 16.0. The van der Waals surface area contributed by atoms with E-state index in [1.165, 1.54) is 0 Å². The quantitative estimate of drug-likeness (QED) is 0.799. The van der Waals surface area contributed by atoms with Gasteiger partial charge in [0.1, 0.15) is 5.54 Å². The van der Waals surface area contributed by atoms with Crippen LogP contribution in [-0.4, -0.2) is 49.1 Å². The number of hydrogen-bond acceptors (Lipinski definition) is 3. The number of nitrogens with one attached hydrogen (secondary N) is 1. The molecular formula is C16H26N2O3. The van der Waals surface area contributed by atoms with Gasteiger partial charge in [0.2, 0.25) is 11.8 Å². The van der Waals surface area contributed by atoms with Crippen LogP contribution in [0.15, 0.2) is 12.7 Å². The minimum Gasteiger partial charge on any atom is -0.373 e. The van der Waals surface area contributed by atoms with Crippen LogP contribution < -0.4 is 5.32 Å². The van der Waals surface area contributed by atoms with E-state index in [1.54, 1.807) is 25.1 Å². The van der Waals surface area contributed by atoms with E-state index in [4.69, 9.17) is 4.74 Å². The third-order valence-electron chi connectivity index (χ3n) is 4.59. The Kier molecular flexibility index (Phi) is 5.04. The summed E-state index contributed by atoms with van der Waals surface area (Å²) in [6.45, 7) is 4.30. The molecule has 0 aromatic rings. The van der Waals surface area contributed by atoms with Gasteiger partial charge in [-0.05, 0) is 19.3 Å². The van der Waals surface area contributed by atoms with Crippen LogP contribution >= 0.6 is 0 Å². The van der Waals surface area contributed by atoms with Crippen molar-refractivity contribution in [1.82, 2.24) is 10.2 Å². The summed E-state index contributed by atoms with van der Waals surface area (Å²) >= 11 is 0. The number of carbonyl (C=O) groups is 2. The topological polar surface area (TPSA) is 58.6 Å². The predicted octanol–water partition coefficient (Wildman–Crippen LogP) is 1.48. The number of carbonyl (C=O) groups excluding carboxylic acids is 2. The molecule has 1 aliphatic heterocycles. The Bertz CT molecular complexity index is 414. The van der Waals surface area contributed by atoms with Crippen molar-refractivity contribution in [2.75, 3.05) is 20.7 Å². The Morgan fingerprint density at radius 2 is 1.95 bits per heavy atom. The molecule has 2 aliphatic rings. The van der Waals surface area contributed by atoms with Crippen LogP contribution in [0, 0.1) is 5.92 Å². The van der Waals surface area contributed by atoms with Crippen molar-refractivity contribution in [2.45, 2.75) is 50.2 Å². The number of nitrogens with zero attached hydrogens (tertiary/aromatic N) is 1. The third kappa shape index (κ3) is 3.28. The van der Waals surface area contributed by atoms with Gasteiger partial charge in [-0.3, -0.25) is 9.59 Å². The lowest BCUT2D eigenvalue weighted by molar-refractivity contribution is -0.142. The van der Waals surface area contributed by atoms with E-state index in [9.17, 15) is 9.59 Å². The van der Waals surface area contributed by atoms with Crippen molar-refractivity contribution < 1.29 is 14.3 Å². The Labute approximate surface area is 126 Å². The van der Waals surface area contributed by atoms with Crippen molar-refractivity contribution in [1.29, 1.82) is 0 Å². The number of likely N-dealkylation sites (N-methyl/N-ethyl adjacent to an activating group) is 1. The maximum absolute atomic E-state index is 12.6. The molecular weight excluding hydrogens is 268 g/mol. The maximum atomic E-state index is 12.6.